The summed E-state index contributed by atoms with van der Waals surface area (Å²) in [6.45, 7) is 6.66. The Labute approximate surface area is 124 Å². The lowest BCUT2D eigenvalue weighted by Crippen LogP contribution is -2.14. The van der Waals surface area contributed by atoms with E-state index in [1.165, 1.54) is 0 Å². The topological polar surface area (TPSA) is 73.1 Å². The summed E-state index contributed by atoms with van der Waals surface area (Å²) in [6, 6.07) is 1.87. The Hall–Kier alpha value is -1.95. The van der Waals surface area contributed by atoms with Gasteiger partial charge in [0.05, 0.1) is 24.7 Å². The van der Waals surface area contributed by atoms with Gasteiger partial charge in [-0.1, -0.05) is 13.8 Å². The van der Waals surface area contributed by atoms with Gasteiger partial charge < -0.3 is 9.84 Å². The third-order valence-electron chi connectivity index (χ3n) is 3.41. The fraction of sp³-hybridized carbons (Fsp3) is 0.533. The first-order chi connectivity index (χ1) is 10.1. The summed E-state index contributed by atoms with van der Waals surface area (Å²) in [5, 5.41) is 23.4. The number of nitrogens with zero attached hydrogens (tertiary/aromatic N) is 4. The van der Waals surface area contributed by atoms with Gasteiger partial charge >= 0.3 is 0 Å². The van der Waals surface area contributed by atoms with Gasteiger partial charge in [0.15, 0.2) is 5.75 Å². The number of methoxy groups -OCH3 is 1. The molecule has 0 fully saturated rings. The lowest BCUT2D eigenvalue weighted by molar-refractivity contribution is 0.200. The van der Waals surface area contributed by atoms with Crippen LogP contribution in [-0.4, -0.2) is 32.2 Å². The lowest BCUT2D eigenvalue weighted by Gasteiger charge is -2.17. The molecule has 0 radical (unpaired) electrons. The van der Waals surface area contributed by atoms with Crippen molar-refractivity contribution in [2.24, 2.45) is 0 Å². The highest BCUT2D eigenvalue weighted by atomic mass is 16.5. The van der Waals surface area contributed by atoms with Crippen LogP contribution >= 0.6 is 0 Å². The van der Waals surface area contributed by atoms with Gasteiger partial charge in [-0.25, -0.2) is 0 Å². The fourth-order valence-corrected chi connectivity index (χ4v) is 2.39. The van der Waals surface area contributed by atoms with Crippen LogP contribution < -0.4 is 4.74 Å². The van der Waals surface area contributed by atoms with Gasteiger partial charge in [0.25, 0.3) is 0 Å². The van der Waals surface area contributed by atoms with Crippen LogP contribution in [-0.2, 0) is 13.0 Å². The number of aryl methyl sites for hydroxylation is 3. The van der Waals surface area contributed by atoms with Crippen LogP contribution in [0.4, 0.5) is 0 Å². The molecular weight excluding hydrogens is 268 g/mol. The number of hydrogen-bond donors (Lipinski definition) is 1. The predicted octanol–water partition coefficient (Wildman–Crippen LogP) is 2.04. The van der Waals surface area contributed by atoms with Crippen LogP contribution in [0.5, 0.6) is 5.75 Å². The third-order valence-corrected chi connectivity index (χ3v) is 3.41. The summed E-state index contributed by atoms with van der Waals surface area (Å²) in [4.78, 5) is 0. The third kappa shape index (κ3) is 3.05. The van der Waals surface area contributed by atoms with E-state index in [2.05, 4.69) is 22.2 Å². The van der Waals surface area contributed by atoms with Gasteiger partial charge in [0, 0.05) is 12.1 Å². The molecule has 0 bridgehead atoms. The number of ether oxygens (including phenoxy) is 1. The Kier molecular flexibility index (Phi) is 4.90. The Morgan fingerprint density at radius 1 is 1.33 bits per heavy atom. The second-order valence-electron chi connectivity index (χ2n) is 4.97. The maximum absolute atomic E-state index is 10.8. The number of aliphatic hydroxyl groups excluding tert-OH is 1. The largest absolute Gasteiger partial charge is 0.493 e. The van der Waals surface area contributed by atoms with Crippen molar-refractivity contribution >= 4 is 0 Å². The smallest absolute Gasteiger partial charge is 0.163 e. The van der Waals surface area contributed by atoms with E-state index < -0.39 is 6.10 Å². The van der Waals surface area contributed by atoms with Gasteiger partial charge in [0.2, 0.25) is 0 Å². The maximum atomic E-state index is 10.8. The van der Waals surface area contributed by atoms with E-state index in [4.69, 9.17) is 4.74 Å². The second-order valence-corrected chi connectivity index (χ2v) is 4.97. The zero-order chi connectivity index (χ0) is 15.4. The minimum Gasteiger partial charge on any atom is -0.493 e. The van der Waals surface area contributed by atoms with Crippen molar-refractivity contribution in [3.05, 3.63) is 34.9 Å². The molecule has 1 atom stereocenters. The minimum atomic E-state index is -0.821. The molecule has 0 saturated carbocycles. The summed E-state index contributed by atoms with van der Waals surface area (Å²) < 4.78 is 7.13. The van der Waals surface area contributed by atoms with Crippen LogP contribution in [0.15, 0.2) is 12.3 Å². The second kappa shape index (κ2) is 6.67. The Morgan fingerprint density at radius 3 is 2.71 bits per heavy atom. The van der Waals surface area contributed by atoms with E-state index >= 15 is 0 Å². The summed E-state index contributed by atoms with van der Waals surface area (Å²) >= 11 is 0. The molecular formula is C15H22N4O2. The van der Waals surface area contributed by atoms with Crippen LogP contribution in [0.25, 0.3) is 0 Å². The summed E-state index contributed by atoms with van der Waals surface area (Å²) in [6.07, 6.45) is 2.46. The average molecular weight is 290 g/mol. The first kappa shape index (κ1) is 15.4. The Bertz CT molecular complexity index is 610. The van der Waals surface area contributed by atoms with Gasteiger partial charge in [-0.15, -0.1) is 0 Å². The molecule has 2 aromatic rings. The summed E-state index contributed by atoms with van der Waals surface area (Å²) in [5.74, 6) is 0.590. The zero-order valence-electron chi connectivity index (χ0n) is 13.0. The van der Waals surface area contributed by atoms with Crippen molar-refractivity contribution < 1.29 is 9.84 Å². The van der Waals surface area contributed by atoms with E-state index in [-0.39, 0.29) is 0 Å². The van der Waals surface area contributed by atoms with Gasteiger partial charge in [-0.3, -0.25) is 4.68 Å². The quantitative estimate of drug-likeness (QED) is 0.881. The number of hydrogen-bond acceptors (Lipinski definition) is 5. The average Bonchev–Trinajstić information content (AvgIpc) is 2.89. The van der Waals surface area contributed by atoms with E-state index in [1.807, 2.05) is 19.9 Å². The molecule has 0 aliphatic rings. The van der Waals surface area contributed by atoms with Crippen molar-refractivity contribution in [1.29, 1.82) is 0 Å². The molecule has 0 spiro atoms. The predicted molar refractivity (Wildman–Crippen MR) is 79.3 cm³/mol. The van der Waals surface area contributed by atoms with Crippen molar-refractivity contribution in [3.63, 3.8) is 0 Å². The normalized spacial score (nSPS) is 12.4. The van der Waals surface area contributed by atoms with Crippen molar-refractivity contribution in [2.45, 2.75) is 46.3 Å². The Morgan fingerprint density at radius 2 is 2.10 bits per heavy atom. The van der Waals surface area contributed by atoms with Crippen LogP contribution in [0.2, 0.25) is 0 Å². The molecule has 6 nitrogen and oxygen atoms in total. The van der Waals surface area contributed by atoms with E-state index in [1.54, 1.807) is 18.0 Å². The molecule has 0 aromatic carbocycles. The first-order valence-electron chi connectivity index (χ1n) is 7.23. The van der Waals surface area contributed by atoms with Crippen LogP contribution in [0.3, 0.4) is 0 Å². The number of aromatic nitrogens is 4. The monoisotopic (exact) mass is 290 g/mol. The van der Waals surface area contributed by atoms with Crippen molar-refractivity contribution in [1.82, 2.24) is 20.0 Å². The molecule has 0 aliphatic heterocycles. The van der Waals surface area contributed by atoms with Gasteiger partial charge in [0.1, 0.15) is 11.8 Å². The molecule has 114 valence electrons. The lowest BCUT2D eigenvalue weighted by atomic mass is 10.0. The molecule has 1 unspecified atom stereocenters. The van der Waals surface area contributed by atoms with Crippen LogP contribution in [0.1, 0.15) is 49.0 Å². The van der Waals surface area contributed by atoms with Crippen LogP contribution in [0, 0.1) is 6.92 Å². The van der Waals surface area contributed by atoms with Crippen molar-refractivity contribution in [3.8, 4) is 5.75 Å². The van der Waals surface area contributed by atoms with E-state index in [9.17, 15) is 5.11 Å². The molecule has 0 amide bonds. The molecule has 6 heteroatoms. The molecule has 2 aromatic heterocycles. The fourth-order valence-electron chi connectivity index (χ4n) is 2.39. The molecule has 2 heterocycles. The highest BCUT2D eigenvalue weighted by Gasteiger charge is 2.24. The molecule has 2 rings (SSSR count). The summed E-state index contributed by atoms with van der Waals surface area (Å²) in [7, 11) is 1.58. The Balaban J connectivity index is 2.51. The summed E-state index contributed by atoms with van der Waals surface area (Å²) in [5.41, 5.74) is 3.00. The van der Waals surface area contributed by atoms with Crippen molar-refractivity contribution in [2.75, 3.05) is 7.11 Å². The SMILES string of the molecule is CCCn1ncc(OC)c1C(O)c1cc(C)nnc1CC. The van der Waals surface area contributed by atoms with Gasteiger partial charge in [-0.2, -0.15) is 15.3 Å². The molecule has 1 N–H and O–H groups in total. The van der Waals surface area contributed by atoms with E-state index in [0.717, 1.165) is 29.9 Å². The standard InChI is InChI=1S/C15H22N4O2/c1-5-7-19-14(13(21-4)9-16-19)15(20)11-8-10(3)17-18-12(11)6-2/h8-9,15,20H,5-7H2,1-4H3. The highest BCUT2D eigenvalue weighted by Crippen LogP contribution is 2.31. The highest BCUT2D eigenvalue weighted by molar-refractivity contribution is 5.36. The van der Waals surface area contributed by atoms with Gasteiger partial charge in [-0.05, 0) is 25.8 Å². The minimum absolute atomic E-state index is 0.590. The molecule has 21 heavy (non-hydrogen) atoms. The number of aliphatic hydroxyl groups is 1. The maximum Gasteiger partial charge on any atom is 0.163 e. The number of rotatable bonds is 6. The molecule has 0 saturated heterocycles. The zero-order valence-corrected chi connectivity index (χ0v) is 13.0. The molecule has 0 aliphatic carbocycles. The van der Waals surface area contributed by atoms with E-state index in [0.29, 0.717) is 17.9 Å². The first-order valence-corrected chi connectivity index (χ1v) is 7.23.